The van der Waals surface area contributed by atoms with Crippen molar-refractivity contribution in [2.75, 3.05) is 11.9 Å². The maximum Gasteiger partial charge on any atom is 0.250 e. The molecule has 0 bridgehead atoms. The Morgan fingerprint density at radius 2 is 2.11 bits per heavy atom. The lowest BCUT2D eigenvalue weighted by atomic mass is 10.3. The summed E-state index contributed by atoms with van der Waals surface area (Å²) in [6.45, 7) is 3.84. The van der Waals surface area contributed by atoms with Gasteiger partial charge in [-0.3, -0.25) is 4.79 Å². The van der Waals surface area contributed by atoms with E-state index in [9.17, 15) is 4.79 Å². The number of carbonyl (C=O) groups is 1. The predicted molar refractivity (Wildman–Crippen MR) is 71.1 cm³/mol. The number of ether oxygens (including phenoxy) is 1. The number of hydrogen-bond donors (Lipinski definition) is 1. The minimum atomic E-state index is -0.165. The van der Waals surface area contributed by atoms with Crippen molar-refractivity contribution in [3.8, 4) is 5.69 Å². The van der Waals surface area contributed by atoms with Gasteiger partial charge in [0, 0.05) is 5.69 Å². The Hall–Kier alpha value is -2.21. The summed E-state index contributed by atoms with van der Waals surface area (Å²) < 4.78 is 6.87. The van der Waals surface area contributed by atoms with Crippen LogP contribution in [0.2, 0.25) is 0 Å². The predicted octanol–water partition coefficient (Wildman–Crippen LogP) is 1.63. The average Bonchev–Trinajstić information content (AvgIpc) is 2.91. The zero-order valence-corrected chi connectivity index (χ0v) is 10.9. The van der Waals surface area contributed by atoms with Crippen LogP contribution in [0.5, 0.6) is 0 Å². The molecule has 1 aromatic carbocycles. The van der Waals surface area contributed by atoms with Gasteiger partial charge in [-0.2, -0.15) is 5.10 Å². The van der Waals surface area contributed by atoms with Gasteiger partial charge in [0.2, 0.25) is 5.91 Å². The molecule has 6 heteroatoms. The highest BCUT2D eigenvalue weighted by atomic mass is 16.5. The minimum absolute atomic E-state index is 0.0421. The summed E-state index contributed by atoms with van der Waals surface area (Å²) >= 11 is 0. The van der Waals surface area contributed by atoms with E-state index in [-0.39, 0.29) is 18.6 Å². The summed E-state index contributed by atoms with van der Waals surface area (Å²) in [6, 6.07) is 7.33. The van der Waals surface area contributed by atoms with Gasteiger partial charge in [-0.05, 0) is 38.1 Å². The largest absolute Gasteiger partial charge is 0.369 e. The van der Waals surface area contributed by atoms with Gasteiger partial charge in [-0.25, -0.2) is 9.67 Å². The van der Waals surface area contributed by atoms with Crippen LogP contribution in [0.15, 0.2) is 36.9 Å². The van der Waals surface area contributed by atoms with Crippen LogP contribution in [0.25, 0.3) is 5.69 Å². The van der Waals surface area contributed by atoms with Crippen LogP contribution in [-0.2, 0) is 9.53 Å². The van der Waals surface area contributed by atoms with Crippen molar-refractivity contribution < 1.29 is 9.53 Å². The van der Waals surface area contributed by atoms with Gasteiger partial charge in [0.1, 0.15) is 19.3 Å². The van der Waals surface area contributed by atoms with Crippen LogP contribution in [0, 0.1) is 0 Å². The molecule has 0 spiro atoms. The zero-order valence-electron chi connectivity index (χ0n) is 10.9. The smallest absolute Gasteiger partial charge is 0.250 e. The van der Waals surface area contributed by atoms with Crippen molar-refractivity contribution in [3.63, 3.8) is 0 Å². The molecule has 1 N–H and O–H groups in total. The Morgan fingerprint density at radius 1 is 1.37 bits per heavy atom. The number of nitrogens with one attached hydrogen (secondary N) is 1. The quantitative estimate of drug-likeness (QED) is 0.887. The molecule has 0 unspecified atom stereocenters. The van der Waals surface area contributed by atoms with E-state index in [1.54, 1.807) is 11.0 Å². The molecule has 0 atom stereocenters. The number of benzene rings is 1. The monoisotopic (exact) mass is 260 g/mol. The number of rotatable bonds is 5. The molecule has 0 radical (unpaired) electrons. The fraction of sp³-hybridized carbons (Fsp3) is 0.308. The average molecular weight is 260 g/mol. The van der Waals surface area contributed by atoms with Crippen LogP contribution < -0.4 is 5.32 Å². The molecule has 100 valence electrons. The minimum Gasteiger partial charge on any atom is -0.369 e. The molecule has 1 amide bonds. The van der Waals surface area contributed by atoms with Gasteiger partial charge in [0.05, 0.1) is 11.8 Å². The summed E-state index contributed by atoms with van der Waals surface area (Å²) in [5.74, 6) is -0.165. The topological polar surface area (TPSA) is 69.0 Å². The Morgan fingerprint density at radius 3 is 2.68 bits per heavy atom. The first-order chi connectivity index (χ1) is 9.15. The first kappa shape index (κ1) is 13.2. The highest BCUT2D eigenvalue weighted by Crippen LogP contribution is 2.12. The fourth-order valence-corrected chi connectivity index (χ4v) is 1.48. The standard InChI is InChI=1S/C13H16N4O2/c1-10(2)19-7-13(18)16-11-3-5-12(6-4-11)17-9-14-8-15-17/h3-6,8-10H,7H2,1-2H3,(H,16,18). The van der Waals surface area contributed by atoms with Crippen LogP contribution in [0.1, 0.15) is 13.8 Å². The van der Waals surface area contributed by atoms with Gasteiger partial charge in [-0.1, -0.05) is 0 Å². The van der Waals surface area contributed by atoms with E-state index >= 15 is 0 Å². The summed E-state index contributed by atoms with van der Waals surface area (Å²) in [5.41, 5.74) is 1.61. The molecular weight excluding hydrogens is 244 g/mol. The molecule has 0 aliphatic rings. The third-order valence-electron chi connectivity index (χ3n) is 2.38. The van der Waals surface area contributed by atoms with Crippen molar-refractivity contribution in [3.05, 3.63) is 36.9 Å². The lowest BCUT2D eigenvalue weighted by Gasteiger charge is -2.09. The van der Waals surface area contributed by atoms with Crippen molar-refractivity contribution in [1.29, 1.82) is 0 Å². The summed E-state index contributed by atoms with van der Waals surface area (Å²) in [7, 11) is 0. The van der Waals surface area contributed by atoms with E-state index < -0.39 is 0 Å². The van der Waals surface area contributed by atoms with E-state index in [1.807, 2.05) is 38.1 Å². The van der Waals surface area contributed by atoms with Gasteiger partial charge in [0.15, 0.2) is 0 Å². The highest BCUT2D eigenvalue weighted by Gasteiger charge is 2.04. The molecule has 0 saturated heterocycles. The first-order valence-corrected chi connectivity index (χ1v) is 6.01. The van der Waals surface area contributed by atoms with Gasteiger partial charge in [-0.15, -0.1) is 0 Å². The molecular formula is C13H16N4O2. The molecule has 0 saturated carbocycles. The van der Waals surface area contributed by atoms with Crippen LogP contribution in [0.3, 0.4) is 0 Å². The zero-order chi connectivity index (χ0) is 13.7. The number of carbonyl (C=O) groups excluding carboxylic acids is 1. The second kappa shape index (κ2) is 6.10. The second-order valence-corrected chi connectivity index (χ2v) is 4.29. The molecule has 19 heavy (non-hydrogen) atoms. The maximum atomic E-state index is 11.6. The Kier molecular flexibility index (Phi) is 4.25. The molecule has 0 aliphatic carbocycles. The van der Waals surface area contributed by atoms with E-state index in [1.165, 1.54) is 6.33 Å². The number of nitrogens with zero attached hydrogens (tertiary/aromatic N) is 3. The number of amides is 1. The fourth-order valence-electron chi connectivity index (χ4n) is 1.48. The molecule has 1 heterocycles. The van der Waals surface area contributed by atoms with E-state index in [0.29, 0.717) is 0 Å². The molecule has 6 nitrogen and oxygen atoms in total. The molecule has 0 aliphatic heterocycles. The third-order valence-corrected chi connectivity index (χ3v) is 2.38. The molecule has 2 rings (SSSR count). The number of aromatic nitrogens is 3. The maximum absolute atomic E-state index is 11.6. The lowest BCUT2D eigenvalue weighted by molar-refractivity contribution is -0.121. The van der Waals surface area contributed by atoms with Crippen LogP contribution in [-0.4, -0.2) is 33.4 Å². The Labute approximate surface area is 111 Å². The number of hydrogen-bond acceptors (Lipinski definition) is 4. The van der Waals surface area contributed by atoms with Crippen LogP contribution >= 0.6 is 0 Å². The van der Waals surface area contributed by atoms with Crippen molar-refractivity contribution in [2.24, 2.45) is 0 Å². The van der Waals surface area contributed by atoms with Gasteiger partial charge >= 0.3 is 0 Å². The molecule has 1 aromatic heterocycles. The Bertz CT molecular complexity index is 520. The third kappa shape index (κ3) is 3.89. The molecule has 0 fully saturated rings. The van der Waals surface area contributed by atoms with Gasteiger partial charge < -0.3 is 10.1 Å². The van der Waals surface area contributed by atoms with Crippen molar-refractivity contribution in [2.45, 2.75) is 20.0 Å². The highest BCUT2D eigenvalue weighted by molar-refractivity contribution is 5.91. The number of anilines is 1. The summed E-state index contributed by atoms with van der Waals surface area (Å²) in [5, 5.41) is 6.78. The van der Waals surface area contributed by atoms with Gasteiger partial charge in [0.25, 0.3) is 0 Å². The summed E-state index contributed by atoms with van der Waals surface area (Å²) in [4.78, 5) is 15.4. The SMILES string of the molecule is CC(C)OCC(=O)Nc1ccc(-n2cncn2)cc1. The lowest BCUT2D eigenvalue weighted by Crippen LogP contribution is -2.20. The normalized spacial score (nSPS) is 10.7. The first-order valence-electron chi connectivity index (χ1n) is 6.01. The van der Waals surface area contributed by atoms with E-state index in [0.717, 1.165) is 11.4 Å². The van der Waals surface area contributed by atoms with E-state index in [4.69, 9.17) is 4.74 Å². The Balaban J connectivity index is 1.94. The van der Waals surface area contributed by atoms with Crippen LogP contribution in [0.4, 0.5) is 5.69 Å². The van der Waals surface area contributed by atoms with E-state index in [2.05, 4.69) is 15.4 Å². The summed E-state index contributed by atoms with van der Waals surface area (Å²) in [6.07, 6.45) is 3.13. The second-order valence-electron chi connectivity index (χ2n) is 4.29. The van der Waals surface area contributed by atoms with Crippen molar-refractivity contribution >= 4 is 11.6 Å². The van der Waals surface area contributed by atoms with Crippen molar-refractivity contribution in [1.82, 2.24) is 14.8 Å². The molecule has 2 aromatic rings.